The molecule has 0 bridgehead atoms. The van der Waals surface area contributed by atoms with E-state index in [9.17, 15) is 0 Å². The fourth-order valence-corrected chi connectivity index (χ4v) is 1.67. The van der Waals surface area contributed by atoms with Gasteiger partial charge in [0.25, 0.3) is 0 Å². The zero-order chi connectivity index (χ0) is 13.8. The second-order valence-electron chi connectivity index (χ2n) is 5.77. The Balaban J connectivity index is 2.81. The summed E-state index contributed by atoms with van der Waals surface area (Å²) in [6, 6.07) is 4.74. The summed E-state index contributed by atoms with van der Waals surface area (Å²) in [5, 5.41) is 3.40. The van der Waals surface area contributed by atoms with E-state index < -0.39 is 0 Å². The maximum absolute atomic E-state index is 4.41. The van der Waals surface area contributed by atoms with Crippen molar-refractivity contribution in [1.82, 2.24) is 10.3 Å². The van der Waals surface area contributed by atoms with E-state index in [1.54, 1.807) is 0 Å². The maximum atomic E-state index is 4.41. The summed E-state index contributed by atoms with van der Waals surface area (Å²) in [5.74, 6) is 0. The summed E-state index contributed by atoms with van der Waals surface area (Å²) in [7, 11) is 2.15. The number of hydrogen-bond donors (Lipinski definition) is 1. The Morgan fingerprint density at radius 3 is 2.61 bits per heavy atom. The van der Waals surface area contributed by atoms with Crippen molar-refractivity contribution in [3.63, 3.8) is 0 Å². The topological polar surface area (TPSA) is 28.2 Å². The Kier molecular flexibility index (Phi) is 5.15. The van der Waals surface area contributed by atoms with Crippen LogP contribution in [-0.4, -0.2) is 23.6 Å². The molecule has 1 aromatic rings. The van der Waals surface area contributed by atoms with Crippen LogP contribution in [0.25, 0.3) is 0 Å². The van der Waals surface area contributed by atoms with Crippen LogP contribution in [0.15, 0.2) is 18.3 Å². The van der Waals surface area contributed by atoms with Gasteiger partial charge < -0.3 is 10.2 Å². The number of pyridine rings is 1. The van der Waals surface area contributed by atoms with Crippen molar-refractivity contribution < 1.29 is 0 Å². The zero-order valence-electron chi connectivity index (χ0n) is 12.6. The number of nitrogens with one attached hydrogen (secondary N) is 1. The van der Waals surface area contributed by atoms with Gasteiger partial charge in [-0.25, -0.2) is 0 Å². The van der Waals surface area contributed by atoms with E-state index in [-0.39, 0.29) is 5.54 Å². The van der Waals surface area contributed by atoms with Gasteiger partial charge in [-0.1, -0.05) is 20.8 Å². The monoisotopic (exact) mass is 249 g/mol. The average Bonchev–Trinajstić information content (AvgIpc) is 2.35. The summed E-state index contributed by atoms with van der Waals surface area (Å²) in [5.41, 5.74) is 2.50. The molecule has 3 nitrogen and oxygen atoms in total. The quantitative estimate of drug-likeness (QED) is 0.839. The highest BCUT2D eigenvalue weighted by atomic mass is 15.2. The van der Waals surface area contributed by atoms with Crippen molar-refractivity contribution >= 4 is 5.69 Å². The van der Waals surface area contributed by atoms with Crippen LogP contribution in [0.4, 0.5) is 5.69 Å². The van der Waals surface area contributed by atoms with Gasteiger partial charge in [0.1, 0.15) is 0 Å². The number of anilines is 1. The normalized spacial score (nSPS) is 11.9. The average molecular weight is 249 g/mol. The van der Waals surface area contributed by atoms with Crippen LogP contribution >= 0.6 is 0 Å². The Morgan fingerprint density at radius 2 is 2.06 bits per heavy atom. The van der Waals surface area contributed by atoms with Crippen molar-refractivity contribution in [2.75, 3.05) is 11.9 Å². The number of nitrogens with zero attached hydrogens (tertiary/aromatic N) is 2. The van der Waals surface area contributed by atoms with Crippen molar-refractivity contribution in [2.45, 2.75) is 59.2 Å². The van der Waals surface area contributed by atoms with Crippen molar-refractivity contribution in [1.29, 1.82) is 0 Å². The minimum absolute atomic E-state index is 0.171. The molecule has 0 aliphatic heterocycles. The fraction of sp³-hybridized carbons (Fsp3) is 0.667. The van der Waals surface area contributed by atoms with Gasteiger partial charge >= 0.3 is 0 Å². The van der Waals surface area contributed by atoms with E-state index in [2.05, 4.69) is 69.0 Å². The predicted molar refractivity (Wildman–Crippen MR) is 79.0 cm³/mol. The lowest BCUT2D eigenvalue weighted by molar-refractivity contribution is 0.470. The first-order chi connectivity index (χ1) is 8.36. The van der Waals surface area contributed by atoms with Crippen LogP contribution in [0.3, 0.4) is 0 Å². The minimum atomic E-state index is 0.171. The highest BCUT2D eigenvalue weighted by Crippen LogP contribution is 2.24. The van der Waals surface area contributed by atoms with Gasteiger partial charge in [0.2, 0.25) is 0 Å². The molecule has 1 heterocycles. The van der Waals surface area contributed by atoms with Crippen LogP contribution < -0.4 is 10.2 Å². The summed E-state index contributed by atoms with van der Waals surface area (Å²) in [6.07, 6.45) is 3.01. The molecule has 0 radical (unpaired) electrons. The third-order valence-corrected chi connectivity index (χ3v) is 3.65. The summed E-state index contributed by atoms with van der Waals surface area (Å²) >= 11 is 0. The standard InChI is InChI=1S/C15H27N3/c1-7-15(4,5)18(6)14-8-9-16-13(10-14)11-17-12(2)3/h8-10,12,17H,7,11H2,1-6H3. The maximum Gasteiger partial charge on any atom is 0.0562 e. The lowest BCUT2D eigenvalue weighted by Crippen LogP contribution is -2.40. The Hall–Kier alpha value is -1.09. The van der Waals surface area contributed by atoms with Crippen molar-refractivity contribution in [3.05, 3.63) is 24.0 Å². The fourth-order valence-electron chi connectivity index (χ4n) is 1.67. The van der Waals surface area contributed by atoms with Gasteiger partial charge in [0.05, 0.1) is 5.69 Å². The van der Waals surface area contributed by atoms with Crippen LogP contribution in [0.1, 0.15) is 46.7 Å². The largest absolute Gasteiger partial charge is 0.369 e. The molecule has 0 saturated carbocycles. The summed E-state index contributed by atoms with van der Waals surface area (Å²) < 4.78 is 0. The molecule has 0 aliphatic rings. The van der Waals surface area contributed by atoms with Crippen LogP contribution in [0.5, 0.6) is 0 Å². The minimum Gasteiger partial charge on any atom is -0.369 e. The molecule has 0 unspecified atom stereocenters. The van der Waals surface area contributed by atoms with E-state index >= 15 is 0 Å². The SMILES string of the molecule is CCC(C)(C)N(C)c1ccnc(CNC(C)C)c1. The van der Waals surface area contributed by atoms with Crippen molar-refractivity contribution in [3.8, 4) is 0 Å². The van der Waals surface area contributed by atoms with Gasteiger partial charge in [-0.2, -0.15) is 0 Å². The van der Waals surface area contributed by atoms with E-state index in [1.165, 1.54) is 5.69 Å². The van der Waals surface area contributed by atoms with E-state index in [4.69, 9.17) is 0 Å². The summed E-state index contributed by atoms with van der Waals surface area (Å²) in [4.78, 5) is 6.74. The Morgan fingerprint density at radius 1 is 1.39 bits per heavy atom. The van der Waals surface area contributed by atoms with Gasteiger partial charge in [0.15, 0.2) is 0 Å². The van der Waals surface area contributed by atoms with Gasteiger partial charge in [-0.05, 0) is 32.4 Å². The Labute approximate surface area is 112 Å². The summed E-state index contributed by atoms with van der Waals surface area (Å²) in [6.45, 7) is 11.9. The van der Waals surface area contributed by atoms with Crippen LogP contribution in [0, 0.1) is 0 Å². The molecule has 1 rings (SSSR count). The molecular formula is C15H27N3. The van der Waals surface area contributed by atoms with E-state index in [0.717, 1.165) is 18.7 Å². The molecule has 0 aromatic carbocycles. The third kappa shape index (κ3) is 3.98. The first kappa shape index (κ1) is 15.0. The molecule has 0 amide bonds. The number of aromatic nitrogens is 1. The predicted octanol–water partition coefficient (Wildman–Crippen LogP) is 3.20. The second-order valence-corrected chi connectivity index (χ2v) is 5.77. The number of hydrogen-bond acceptors (Lipinski definition) is 3. The zero-order valence-corrected chi connectivity index (χ0v) is 12.6. The molecule has 18 heavy (non-hydrogen) atoms. The number of rotatable bonds is 6. The molecule has 1 N–H and O–H groups in total. The molecule has 0 saturated heterocycles. The van der Waals surface area contributed by atoms with Crippen molar-refractivity contribution in [2.24, 2.45) is 0 Å². The molecular weight excluding hydrogens is 222 g/mol. The smallest absolute Gasteiger partial charge is 0.0562 e. The second kappa shape index (κ2) is 6.19. The molecule has 102 valence electrons. The lowest BCUT2D eigenvalue weighted by atomic mass is 9.99. The molecule has 0 aliphatic carbocycles. The van der Waals surface area contributed by atoms with Gasteiger partial charge in [-0.3, -0.25) is 4.98 Å². The van der Waals surface area contributed by atoms with Gasteiger partial charge in [0, 0.05) is 37.1 Å². The van der Waals surface area contributed by atoms with Crippen LogP contribution in [-0.2, 0) is 6.54 Å². The lowest BCUT2D eigenvalue weighted by Gasteiger charge is -2.36. The van der Waals surface area contributed by atoms with Gasteiger partial charge in [-0.15, -0.1) is 0 Å². The highest BCUT2D eigenvalue weighted by Gasteiger charge is 2.21. The van der Waals surface area contributed by atoms with E-state index in [0.29, 0.717) is 6.04 Å². The molecule has 0 spiro atoms. The first-order valence-corrected chi connectivity index (χ1v) is 6.79. The molecule has 1 aromatic heterocycles. The van der Waals surface area contributed by atoms with E-state index in [1.807, 2.05) is 6.20 Å². The Bertz CT molecular complexity index is 372. The molecule has 0 fully saturated rings. The van der Waals surface area contributed by atoms with Crippen LogP contribution in [0.2, 0.25) is 0 Å². The highest BCUT2D eigenvalue weighted by molar-refractivity contribution is 5.48. The third-order valence-electron chi connectivity index (χ3n) is 3.65. The molecule has 3 heteroatoms. The molecule has 0 atom stereocenters. The first-order valence-electron chi connectivity index (χ1n) is 6.79.